The predicted molar refractivity (Wildman–Crippen MR) is 90.4 cm³/mol. The summed E-state index contributed by atoms with van der Waals surface area (Å²) < 4.78 is 0. The first-order valence-corrected chi connectivity index (χ1v) is 8.16. The molecular weight excluding hydrogens is 302 g/mol. The van der Waals surface area contributed by atoms with E-state index >= 15 is 0 Å². The molecule has 0 aliphatic rings. The molecule has 2 aromatic rings. The zero-order valence-electron chi connectivity index (χ0n) is 12.2. The van der Waals surface area contributed by atoms with Gasteiger partial charge in [0.25, 0.3) is 5.91 Å². The van der Waals surface area contributed by atoms with Crippen LogP contribution in [0, 0.1) is 13.8 Å². The van der Waals surface area contributed by atoms with Crippen molar-refractivity contribution in [3.05, 3.63) is 64.2 Å². The average Bonchev–Trinajstić information content (AvgIpc) is 2.45. The number of carbonyl (C=O) groups is 1. The van der Waals surface area contributed by atoms with E-state index in [4.69, 9.17) is 11.6 Å². The fourth-order valence-electron chi connectivity index (χ4n) is 2.03. The summed E-state index contributed by atoms with van der Waals surface area (Å²) in [5.74, 6) is 0.822. The fraction of sp³-hybridized carbons (Fsp3) is 0.235. The molecule has 21 heavy (non-hydrogen) atoms. The lowest BCUT2D eigenvalue weighted by atomic mass is 10.1. The first kappa shape index (κ1) is 15.9. The van der Waals surface area contributed by atoms with Gasteiger partial charge in [-0.3, -0.25) is 4.79 Å². The van der Waals surface area contributed by atoms with E-state index in [1.54, 1.807) is 11.8 Å². The maximum absolute atomic E-state index is 12.1. The third kappa shape index (κ3) is 4.80. The van der Waals surface area contributed by atoms with Crippen LogP contribution in [-0.2, 0) is 0 Å². The van der Waals surface area contributed by atoms with Gasteiger partial charge in [-0.2, -0.15) is 0 Å². The molecule has 110 valence electrons. The van der Waals surface area contributed by atoms with E-state index in [9.17, 15) is 4.79 Å². The Morgan fingerprint density at radius 3 is 2.52 bits per heavy atom. The van der Waals surface area contributed by atoms with Crippen LogP contribution in [0.5, 0.6) is 0 Å². The highest BCUT2D eigenvalue weighted by atomic mass is 35.5. The number of thioether (sulfide) groups is 1. The Bertz CT molecular complexity index is 625. The average molecular weight is 320 g/mol. The molecule has 0 saturated carbocycles. The van der Waals surface area contributed by atoms with Gasteiger partial charge >= 0.3 is 0 Å². The van der Waals surface area contributed by atoms with Gasteiger partial charge in [-0.25, -0.2) is 0 Å². The number of benzene rings is 2. The van der Waals surface area contributed by atoms with E-state index in [0.29, 0.717) is 6.54 Å². The van der Waals surface area contributed by atoms with Crippen molar-refractivity contribution in [2.45, 2.75) is 18.7 Å². The second-order valence-corrected chi connectivity index (χ2v) is 6.48. The standard InChI is InChI=1S/C17H18ClNOS/c1-12-3-8-16(13(2)11-12)17(20)19-9-10-21-15-6-4-14(18)5-7-15/h3-8,11H,9-10H2,1-2H3,(H,19,20). The van der Waals surface area contributed by atoms with E-state index < -0.39 is 0 Å². The molecule has 0 fully saturated rings. The Morgan fingerprint density at radius 2 is 1.86 bits per heavy atom. The lowest BCUT2D eigenvalue weighted by Gasteiger charge is -2.08. The quantitative estimate of drug-likeness (QED) is 0.650. The highest BCUT2D eigenvalue weighted by molar-refractivity contribution is 7.99. The maximum atomic E-state index is 12.1. The zero-order chi connectivity index (χ0) is 15.2. The normalized spacial score (nSPS) is 10.4. The van der Waals surface area contributed by atoms with Crippen LogP contribution in [0.2, 0.25) is 5.02 Å². The second kappa shape index (κ2) is 7.53. The van der Waals surface area contributed by atoms with Crippen LogP contribution in [0.1, 0.15) is 21.5 Å². The van der Waals surface area contributed by atoms with Crippen LogP contribution in [0.4, 0.5) is 0 Å². The topological polar surface area (TPSA) is 29.1 Å². The Morgan fingerprint density at radius 1 is 1.14 bits per heavy atom. The van der Waals surface area contributed by atoms with Crippen molar-refractivity contribution >= 4 is 29.3 Å². The van der Waals surface area contributed by atoms with Crippen molar-refractivity contribution in [1.82, 2.24) is 5.32 Å². The molecule has 2 nitrogen and oxygen atoms in total. The number of amides is 1. The minimum Gasteiger partial charge on any atom is -0.351 e. The summed E-state index contributed by atoms with van der Waals surface area (Å²) in [6.45, 7) is 4.63. The number of hydrogen-bond acceptors (Lipinski definition) is 2. The lowest BCUT2D eigenvalue weighted by Crippen LogP contribution is -2.26. The zero-order valence-corrected chi connectivity index (χ0v) is 13.7. The van der Waals surface area contributed by atoms with Crippen molar-refractivity contribution < 1.29 is 4.79 Å². The second-order valence-electron chi connectivity index (χ2n) is 4.88. The van der Waals surface area contributed by atoms with E-state index in [2.05, 4.69) is 5.32 Å². The molecule has 0 unspecified atom stereocenters. The van der Waals surface area contributed by atoms with Crippen LogP contribution in [0.25, 0.3) is 0 Å². The lowest BCUT2D eigenvalue weighted by molar-refractivity contribution is 0.0955. The first-order valence-electron chi connectivity index (χ1n) is 6.80. The van der Waals surface area contributed by atoms with E-state index in [0.717, 1.165) is 26.8 Å². The monoisotopic (exact) mass is 319 g/mol. The number of rotatable bonds is 5. The molecule has 0 radical (unpaired) electrons. The van der Waals surface area contributed by atoms with Crippen molar-refractivity contribution in [3.63, 3.8) is 0 Å². The van der Waals surface area contributed by atoms with Gasteiger partial charge in [-0.1, -0.05) is 29.3 Å². The smallest absolute Gasteiger partial charge is 0.251 e. The molecule has 4 heteroatoms. The van der Waals surface area contributed by atoms with Gasteiger partial charge < -0.3 is 5.32 Å². The van der Waals surface area contributed by atoms with Gasteiger partial charge in [0, 0.05) is 27.8 Å². The molecule has 0 aromatic heterocycles. The number of aryl methyl sites for hydroxylation is 2. The molecule has 1 amide bonds. The largest absolute Gasteiger partial charge is 0.351 e. The van der Waals surface area contributed by atoms with E-state index in [1.807, 2.05) is 56.3 Å². The van der Waals surface area contributed by atoms with Crippen molar-refractivity contribution in [2.24, 2.45) is 0 Å². The predicted octanol–water partition coefficient (Wildman–Crippen LogP) is 4.48. The molecule has 0 bridgehead atoms. The van der Waals surface area contributed by atoms with E-state index in [1.165, 1.54) is 5.56 Å². The third-order valence-electron chi connectivity index (χ3n) is 3.10. The van der Waals surface area contributed by atoms with Crippen molar-refractivity contribution in [1.29, 1.82) is 0 Å². The molecule has 0 heterocycles. The molecule has 2 rings (SSSR count). The van der Waals surface area contributed by atoms with Gasteiger partial charge in [0.2, 0.25) is 0 Å². The van der Waals surface area contributed by atoms with Crippen molar-refractivity contribution in [2.75, 3.05) is 12.3 Å². The minimum atomic E-state index is -0.00999. The molecule has 2 aromatic carbocycles. The molecule has 0 spiro atoms. The molecule has 0 saturated heterocycles. The molecular formula is C17H18ClNOS. The molecule has 0 atom stereocenters. The summed E-state index contributed by atoms with van der Waals surface area (Å²) >= 11 is 7.54. The van der Waals surface area contributed by atoms with Crippen molar-refractivity contribution in [3.8, 4) is 0 Å². The highest BCUT2D eigenvalue weighted by Crippen LogP contribution is 2.19. The van der Waals surface area contributed by atoms with Crippen LogP contribution in [-0.4, -0.2) is 18.2 Å². The number of halogens is 1. The molecule has 1 N–H and O–H groups in total. The summed E-state index contributed by atoms with van der Waals surface area (Å²) in [6, 6.07) is 13.6. The summed E-state index contributed by atoms with van der Waals surface area (Å²) in [7, 11) is 0. The van der Waals surface area contributed by atoms with Crippen LogP contribution in [0.3, 0.4) is 0 Å². The van der Waals surface area contributed by atoms with Crippen LogP contribution in [0.15, 0.2) is 47.4 Å². The number of hydrogen-bond donors (Lipinski definition) is 1. The van der Waals surface area contributed by atoms with Gasteiger partial charge in [0.15, 0.2) is 0 Å². The van der Waals surface area contributed by atoms with Crippen LogP contribution < -0.4 is 5.32 Å². The van der Waals surface area contributed by atoms with E-state index in [-0.39, 0.29) is 5.91 Å². The molecule has 0 aliphatic heterocycles. The SMILES string of the molecule is Cc1ccc(C(=O)NCCSc2ccc(Cl)cc2)c(C)c1. The van der Waals surface area contributed by atoms with Crippen LogP contribution >= 0.6 is 23.4 Å². The Balaban J connectivity index is 1.80. The fourth-order valence-corrected chi connectivity index (χ4v) is 2.92. The Kier molecular flexibility index (Phi) is 5.71. The minimum absolute atomic E-state index is 0.00999. The summed E-state index contributed by atoms with van der Waals surface area (Å²) in [5, 5.41) is 3.69. The maximum Gasteiger partial charge on any atom is 0.251 e. The highest BCUT2D eigenvalue weighted by Gasteiger charge is 2.07. The third-order valence-corrected chi connectivity index (χ3v) is 4.36. The number of carbonyl (C=O) groups excluding carboxylic acids is 1. The first-order chi connectivity index (χ1) is 10.1. The Hall–Kier alpha value is -1.45. The van der Waals surface area contributed by atoms with Gasteiger partial charge in [0.1, 0.15) is 0 Å². The number of nitrogens with one attached hydrogen (secondary N) is 1. The Labute approximate surface area is 134 Å². The molecule has 0 aliphatic carbocycles. The van der Waals surface area contributed by atoms with Gasteiger partial charge in [0.05, 0.1) is 0 Å². The summed E-state index contributed by atoms with van der Waals surface area (Å²) in [4.78, 5) is 13.2. The summed E-state index contributed by atoms with van der Waals surface area (Å²) in [5.41, 5.74) is 2.93. The van der Waals surface area contributed by atoms with Gasteiger partial charge in [-0.05, 0) is 49.7 Å². The van der Waals surface area contributed by atoms with Gasteiger partial charge in [-0.15, -0.1) is 11.8 Å². The summed E-state index contributed by atoms with van der Waals surface area (Å²) in [6.07, 6.45) is 0.